The standard InChI is InChI=1S/C26H23N5O3S/c1-18-7-13-21(14-8-18)35(32,33)30-20-11-9-19(10-12-20)29-25-26-28-17-23(31(26)16-15-27-25)22-5-3-4-6-24(22)34-2/h3-17,30H,1-2H3,(H,27,29). The van der Waals surface area contributed by atoms with Crippen LogP contribution in [0.5, 0.6) is 5.75 Å². The van der Waals surface area contributed by atoms with Gasteiger partial charge in [0.05, 0.1) is 23.9 Å². The molecule has 0 fully saturated rings. The number of hydrogen-bond acceptors (Lipinski definition) is 6. The summed E-state index contributed by atoms with van der Waals surface area (Å²) in [5.74, 6) is 1.32. The van der Waals surface area contributed by atoms with Gasteiger partial charge in [0.2, 0.25) is 0 Å². The normalized spacial score (nSPS) is 11.4. The summed E-state index contributed by atoms with van der Waals surface area (Å²) in [6, 6.07) is 21.4. The van der Waals surface area contributed by atoms with Crippen LogP contribution in [0.15, 0.2) is 96.3 Å². The Labute approximate surface area is 203 Å². The largest absolute Gasteiger partial charge is 0.496 e. The second-order valence-corrected chi connectivity index (χ2v) is 9.62. The van der Waals surface area contributed by atoms with Crippen molar-refractivity contribution in [3.63, 3.8) is 0 Å². The Hall–Kier alpha value is -4.37. The number of nitrogens with zero attached hydrogens (tertiary/aromatic N) is 3. The van der Waals surface area contributed by atoms with Gasteiger partial charge in [-0.3, -0.25) is 9.12 Å². The number of hydrogen-bond donors (Lipinski definition) is 2. The van der Waals surface area contributed by atoms with Gasteiger partial charge < -0.3 is 10.1 Å². The van der Waals surface area contributed by atoms with Crippen molar-refractivity contribution in [2.45, 2.75) is 11.8 Å². The highest BCUT2D eigenvalue weighted by atomic mass is 32.2. The van der Waals surface area contributed by atoms with E-state index in [2.05, 4.69) is 20.0 Å². The summed E-state index contributed by atoms with van der Waals surface area (Å²) >= 11 is 0. The highest BCUT2D eigenvalue weighted by Crippen LogP contribution is 2.31. The van der Waals surface area contributed by atoms with Gasteiger partial charge in [-0.15, -0.1) is 0 Å². The average molecular weight is 486 g/mol. The van der Waals surface area contributed by atoms with Gasteiger partial charge in [-0.25, -0.2) is 18.4 Å². The number of nitrogens with one attached hydrogen (secondary N) is 2. The monoisotopic (exact) mass is 485 g/mol. The number of rotatable bonds is 7. The highest BCUT2D eigenvalue weighted by Gasteiger charge is 2.15. The zero-order chi connectivity index (χ0) is 24.4. The zero-order valence-electron chi connectivity index (χ0n) is 19.1. The van der Waals surface area contributed by atoms with E-state index in [1.54, 1.807) is 68.0 Å². The molecule has 0 radical (unpaired) electrons. The van der Waals surface area contributed by atoms with Crippen LogP contribution in [0.1, 0.15) is 5.56 Å². The maximum absolute atomic E-state index is 12.6. The Morgan fingerprint density at radius 2 is 1.60 bits per heavy atom. The summed E-state index contributed by atoms with van der Waals surface area (Å²) in [6.07, 6.45) is 5.32. The first-order valence-electron chi connectivity index (χ1n) is 10.9. The first-order chi connectivity index (χ1) is 16.9. The average Bonchev–Trinajstić information content (AvgIpc) is 3.30. The molecule has 0 aliphatic heterocycles. The van der Waals surface area contributed by atoms with Gasteiger partial charge >= 0.3 is 0 Å². The summed E-state index contributed by atoms with van der Waals surface area (Å²) in [6.45, 7) is 1.91. The van der Waals surface area contributed by atoms with E-state index >= 15 is 0 Å². The number of imidazole rings is 1. The molecule has 0 bridgehead atoms. The Morgan fingerprint density at radius 3 is 2.34 bits per heavy atom. The van der Waals surface area contributed by atoms with Crippen LogP contribution in [0.4, 0.5) is 17.2 Å². The molecule has 35 heavy (non-hydrogen) atoms. The fourth-order valence-corrected chi connectivity index (χ4v) is 4.81. The Morgan fingerprint density at radius 1 is 0.886 bits per heavy atom. The molecule has 5 aromatic rings. The zero-order valence-corrected chi connectivity index (χ0v) is 20.0. The van der Waals surface area contributed by atoms with Crippen LogP contribution in [0, 0.1) is 6.92 Å². The summed E-state index contributed by atoms with van der Waals surface area (Å²) in [5.41, 5.74) is 4.65. The van der Waals surface area contributed by atoms with Crippen LogP contribution in [0.2, 0.25) is 0 Å². The molecular formula is C26H23N5O3S. The fourth-order valence-electron chi connectivity index (χ4n) is 3.75. The van der Waals surface area contributed by atoms with Gasteiger partial charge in [-0.05, 0) is 55.5 Å². The lowest BCUT2D eigenvalue weighted by Gasteiger charge is -2.11. The number of methoxy groups -OCH3 is 1. The number of fused-ring (bicyclic) bond motifs is 1. The van der Waals surface area contributed by atoms with E-state index in [-0.39, 0.29) is 4.90 Å². The maximum atomic E-state index is 12.6. The van der Waals surface area contributed by atoms with E-state index < -0.39 is 10.0 Å². The Kier molecular flexibility index (Phi) is 5.84. The van der Waals surface area contributed by atoms with Crippen molar-refractivity contribution in [1.82, 2.24) is 14.4 Å². The van der Waals surface area contributed by atoms with Crippen molar-refractivity contribution in [2.75, 3.05) is 17.1 Å². The molecule has 0 saturated heterocycles. The van der Waals surface area contributed by atoms with E-state index in [1.807, 2.05) is 41.8 Å². The molecule has 0 spiro atoms. The van der Waals surface area contributed by atoms with Gasteiger partial charge in [-0.2, -0.15) is 0 Å². The molecule has 3 aromatic carbocycles. The van der Waals surface area contributed by atoms with Crippen molar-refractivity contribution in [2.24, 2.45) is 0 Å². The lowest BCUT2D eigenvalue weighted by molar-refractivity contribution is 0.416. The van der Waals surface area contributed by atoms with Crippen LogP contribution in [-0.2, 0) is 10.0 Å². The van der Waals surface area contributed by atoms with Crippen molar-refractivity contribution >= 4 is 32.9 Å². The molecule has 176 valence electrons. The van der Waals surface area contributed by atoms with E-state index in [4.69, 9.17) is 4.74 Å². The topological polar surface area (TPSA) is 97.6 Å². The van der Waals surface area contributed by atoms with E-state index in [9.17, 15) is 8.42 Å². The number of benzene rings is 3. The molecular weight excluding hydrogens is 462 g/mol. The molecule has 0 aliphatic rings. The first-order valence-corrected chi connectivity index (χ1v) is 12.3. The molecule has 0 unspecified atom stereocenters. The first kappa shape index (κ1) is 22.4. The third kappa shape index (κ3) is 4.53. The number of aryl methyl sites for hydroxylation is 1. The third-order valence-corrected chi connectivity index (χ3v) is 6.94. The second-order valence-electron chi connectivity index (χ2n) is 7.93. The van der Waals surface area contributed by atoms with Crippen molar-refractivity contribution < 1.29 is 13.2 Å². The molecule has 2 N–H and O–H groups in total. The minimum Gasteiger partial charge on any atom is -0.496 e. The minimum absolute atomic E-state index is 0.214. The highest BCUT2D eigenvalue weighted by molar-refractivity contribution is 7.92. The molecule has 0 aliphatic carbocycles. The van der Waals surface area contributed by atoms with Gasteiger partial charge in [0, 0.05) is 29.3 Å². The lowest BCUT2D eigenvalue weighted by atomic mass is 10.1. The van der Waals surface area contributed by atoms with Crippen LogP contribution in [0.25, 0.3) is 16.9 Å². The van der Waals surface area contributed by atoms with E-state index in [0.29, 0.717) is 17.2 Å². The summed E-state index contributed by atoms with van der Waals surface area (Å²) in [4.78, 5) is 9.22. The number of aromatic nitrogens is 3. The number of para-hydroxylation sites is 1. The van der Waals surface area contributed by atoms with E-state index in [0.717, 1.165) is 28.3 Å². The van der Waals surface area contributed by atoms with Gasteiger partial charge in [0.25, 0.3) is 10.0 Å². The van der Waals surface area contributed by atoms with Crippen LogP contribution < -0.4 is 14.8 Å². The smallest absolute Gasteiger partial charge is 0.261 e. The fraction of sp³-hybridized carbons (Fsp3) is 0.0769. The molecule has 0 saturated carbocycles. The summed E-state index contributed by atoms with van der Waals surface area (Å²) in [5, 5.41) is 3.27. The molecule has 5 rings (SSSR count). The van der Waals surface area contributed by atoms with Crippen LogP contribution in [0.3, 0.4) is 0 Å². The predicted molar refractivity (Wildman–Crippen MR) is 137 cm³/mol. The number of anilines is 3. The Balaban J connectivity index is 1.38. The van der Waals surface area contributed by atoms with Crippen molar-refractivity contribution in [3.8, 4) is 17.0 Å². The van der Waals surface area contributed by atoms with E-state index in [1.165, 1.54) is 0 Å². The number of ether oxygens (including phenoxy) is 1. The van der Waals surface area contributed by atoms with Crippen molar-refractivity contribution in [3.05, 3.63) is 97.0 Å². The lowest BCUT2D eigenvalue weighted by Crippen LogP contribution is -2.12. The number of sulfonamides is 1. The molecule has 0 atom stereocenters. The second kappa shape index (κ2) is 9.11. The third-order valence-electron chi connectivity index (χ3n) is 5.54. The van der Waals surface area contributed by atoms with Crippen molar-refractivity contribution in [1.29, 1.82) is 0 Å². The maximum Gasteiger partial charge on any atom is 0.261 e. The SMILES string of the molecule is COc1ccccc1-c1cnc2c(Nc3ccc(NS(=O)(=O)c4ccc(C)cc4)cc3)nccn12. The van der Waals surface area contributed by atoms with Gasteiger partial charge in [0.1, 0.15) is 5.75 Å². The van der Waals surface area contributed by atoms with Crippen LogP contribution in [-0.4, -0.2) is 29.9 Å². The predicted octanol–water partition coefficient (Wildman–Crippen LogP) is 5.26. The van der Waals surface area contributed by atoms with Gasteiger partial charge in [-0.1, -0.05) is 29.8 Å². The quantitative estimate of drug-likeness (QED) is 0.326. The molecule has 0 amide bonds. The molecule has 8 nitrogen and oxygen atoms in total. The van der Waals surface area contributed by atoms with Gasteiger partial charge in [0.15, 0.2) is 11.5 Å². The molecule has 9 heteroatoms. The minimum atomic E-state index is -3.67. The Bertz CT molecular complexity index is 1590. The molecule has 2 aromatic heterocycles. The molecule has 2 heterocycles. The summed E-state index contributed by atoms with van der Waals surface area (Å²) < 4.78 is 35.3. The summed E-state index contributed by atoms with van der Waals surface area (Å²) in [7, 11) is -2.03. The van der Waals surface area contributed by atoms with Crippen LogP contribution >= 0.6 is 0 Å².